The van der Waals surface area contributed by atoms with Gasteiger partial charge in [0.15, 0.2) is 10.3 Å². The van der Waals surface area contributed by atoms with Crippen LogP contribution in [0.25, 0.3) is 0 Å². The molecule has 2 aromatic rings. The van der Waals surface area contributed by atoms with Gasteiger partial charge < -0.3 is 5.32 Å². The Labute approximate surface area is 118 Å². The average molecular weight is 300 g/mol. The first-order valence-electron chi connectivity index (χ1n) is 5.23. The first-order chi connectivity index (χ1) is 8.97. The van der Waals surface area contributed by atoms with Crippen LogP contribution in [0.2, 0.25) is 10.3 Å². The molecule has 1 aromatic heterocycles. The zero-order valence-corrected chi connectivity index (χ0v) is 11.3. The molecule has 0 spiro atoms. The quantitative estimate of drug-likeness (QED) is 0.923. The second-order valence-corrected chi connectivity index (χ2v) is 4.55. The Kier molecular flexibility index (Phi) is 3.97. The van der Waals surface area contributed by atoms with E-state index in [1.54, 1.807) is 13.0 Å². The highest BCUT2D eigenvalue weighted by molar-refractivity contribution is 6.34. The van der Waals surface area contributed by atoms with Crippen molar-refractivity contribution in [1.29, 1.82) is 0 Å². The van der Waals surface area contributed by atoms with Crippen LogP contribution >= 0.6 is 23.2 Å². The maximum Gasteiger partial charge on any atom is 0.259 e. The minimum atomic E-state index is -0.607. The largest absolute Gasteiger partial charge is 0.319 e. The van der Waals surface area contributed by atoms with Crippen molar-refractivity contribution < 1.29 is 9.18 Å². The first-order valence-corrected chi connectivity index (χ1v) is 5.99. The summed E-state index contributed by atoms with van der Waals surface area (Å²) in [6.45, 7) is 1.75. The molecule has 1 heterocycles. The van der Waals surface area contributed by atoms with Crippen LogP contribution in [-0.2, 0) is 0 Å². The van der Waals surface area contributed by atoms with E-state index in [2.05, 4.69) is 15.5 Å². The highest BCUT2D eigenvalue weighted by atomic mass is 35.5. The lowest BCUT2D eigenvalue weighted by Gasteiger charge is -2.07. The summed E-state index contributed by atoms with van der Waals surface area (Å²) in [5.74, 6) is -1.14. The van der Waals surface area contributed by atoms with Crippen LogP contribution in [-0.4, -0.2) is 16.1 Å². The monoisotopic (exact) mass is 299 g/mol. The van der Waals surface area contributed by atoms with Crippen LogP contribution in [0.5, 0.6) is 0 Å². The minimum Gasteiger partial charge on any atom is -0.319 e. The third-order valence-corrected chi connectivity index (χ3v) is 2.80. The molecule has 1 aromatic carbocycles. The fourth-order valence-electron chi connectivity index (χ4n) is 1.42. The lowest BCUT2D eigenvalue weighted by Crippen LogP contribution is -2.14. The van der Waals surface area contributed by atoms with Gasteiger partial charge in [0.05, 0.1) is 11.3 Å². The Morgan fingerprint density at radius 3 is 2.68 bits per heavy atom. The van der Waals surface area contributed by atoms with Crippen molar-refractivity contribution in [3.8, 4) is 0 Å². The van der Waals surface area contributed by atoms with E-state index in [1.165, 1.54) is 18.2 Å². The number of amides is 1. The third kappa shape index (κ3) is 3.19. The van der Waals surface area contributed by atoms with Crippen molar-refractivity contribution in [2.45, 2.75) is 6.92 Å². The molecule has 0 fully saturated rings. The van der Waals surface area contributed by atoms with Gasteiger partial charge in [0, 0.05) is 0 Å². The fourth-order valence-corrected chi connectivity index (χ4v) is 1.75. The number of carbonyl (C=O) groups is 1. The van der Waals surface area contributed by atoms with Gasteiger partial charge in [-0.25, -0.2) is 4.39 Å². The van der Waals surface area contributed by atoms with E-state index in [1.807, 2.05) is 0 Å². The molecule has 0 aliphatic heterocycles. The standard InChI is InChI=1S/C12H8Cl2FN3O/c1-6-2-3-9(8(15)4-6)16-12(19)7-5-10(13)17-18-11(7)14/h2-5H,1H3,(H,16,19). The summed E-state index contributed by atoms with van der Waals surface area (Å²) in [5.41, 5.74) is 0.836. The van der Waals surface area contributed by atoms with Gasteiger partial charge in [-0.15, -0.1) is 10.2 Å². The smallest absolute Gasteiger partial charge is 0.259 e. The lowest BCUT2D eigenvalue weighted by atomic mass is 10.2. The number of aromatic nitrogens is 2. The maximum atomic E-state index is 13.6. The summed E-state index contributed by atoms with van der Waals surface area (Å²) < 4.78 is 13.6. The van der Waals surface area contributed by atoms with Gasteiger partial charge >= 0.3 is 0 Å². The van der Waals surface area contributed by atoms with E-state index >= 15 is 0 Å². The molecule has 0 unspecified atom stereocenters. The first kappa shape index (κ1) is 13.7. The number of aryl methyl sites for hydroxylation is 1. The topological polar surface area (TPSA) is 54.9 Å². The molecule has 0 radical (unpaired) electrons. The Morgan fingerprint density at radius 2 is 2.00 bits per heavy atom. The summed E-state index contributed by atoms with van der Waals surface area (Å²) in [4.78, 5) is 11.9. The number of hydrogen-bond acceptors (Lipinski definition) is 3. The molecule has 0 saturated carbocycles. The molecule has 0 aliphatic carbocycles. The van der Waals surface area contributed by atoms with Gasteiger partial charge in [-0.3, -0.25) is 4.79 Å². The highest BCUT2D eigenvalue weighted by Crippen LogP contribution is 2.19. The molecule has 1 N–H and O–H groups in total. The molecule has 0 aliphatic rings. The molecular weight excluding hydrogens is 292 g/mol. The van der Waals surface area contributed by atoms with Gasteiger partial charge in [0.2, 0.25) is 0 Å². The maximum absolute atomic E-state index is 13.6. The number of hydrogen-bond donors (Lipinski definition) is 1. The predicted molar refractivity (Wildman–Crippen MR) is 71.1 cm³/mol. The van der Waals surface area contributed by atoms with Crippen molar-refractivity contribution in [2.24, 2.45) is 0 Å². The summed E-state index contributed by atoms with van der Waals surface area (Å²) >= 11 is 11.4. The van der Waals surface area contributed by atoms with Crippen LogP contribution < -0.4 is 5.32 Å². The molecule has 19 heavy (non-hydrogen) atoms. The normalized spacial score (nSPS) is 10.3. The van der Waals surface area contributed by atoms with E-state index in [9.17, 15) is 9.18 Å². The second-order valence-electron chi connectivity index (χ2n) is 3.81. The van der Waals surface area contributed by atoms with Crippen LogP contribution in [0.3, 0.4) is 0 Å². The third-order valence-electron chi connectivity index (χ3n) is 2.34. The fraction of sp³-hybridized carbons (Fsp3) is 0.0833. The number of anilines is 1. The molecule has 0 atom stereocenters. The molecule has 2 rings (SSSR count). The second kappa shape index (κ2) is 5.50. The molecule has 4 nitrogen and oxygen atoms in total. The summed E-state index contributed by atoms with van der Waals surface area (Å²) in [5, 5.41) is 9.32. The van der Waals surface area contributed by atoms with Crippen molar-refractivity contribution in [2.75, 3.05) is 5.32 Å². The molecule has 98 valence electrons. The Hall–Kier alpha value is -1.72. The number of nitrogens with zero attached hydrogens (tertiary/aromatic N) is 2. The van der Waals surface area contributed by atoms with E-state index in [4.69, 9.17) is 23.2 Å². The number of benzene rings is 1. The zero-order valence-electron chi connectivity index (χ0n) is 9.75. The van der Waals surface area contributed by atoms with Gasteiger partial charge in [-0.05, 0) is 30.7 Å². The summed E-state index contributed by atoms with van der Waals surface area (Å²) in [6, 6.07) is 5.72. The van der Waals surface area contributed by atoms with Gasteiger partial charge in [0.1, 0.15) is 5.82 Å². The number of carbonyl (C=O) groups excluding carboxylic acids is 1. The zero-order chi connectivity index (χ0) is 14.0. The Balaban J connectivity index is 2.28. The Morgan fingerprint density at radius 1 is 1.26 bits per heavy atom. The van der Waals surface area contributed by atoms with Gasteiger partial charge in [-0.2, -0.15) is 0 Å². The van der Waals surface area contributed by atoms with E-state index in [-0.39, 0.29) is 21.6 Å². The van der Waals surface area contributed by atoms with Crippen molar-refractivity contribution in [1.82, 2.24) is 10.2 Å². The molecule has 0 bridgehead atoms. The van der Waals surface area contributed by atoms with Crippen molar-refractivity contribution in [3.05, 3.63) is 51.5 Å². The summed E-state index contributed by atoms with van der Waals surface area (Å²) in [6.07, 6.45) is 0. The minimum absolute atomic E-state index is 0.0268. The lowest BCUT2D eigenvalue weighted by molar-refractivity contribution is 0.102. The summed E-state index contributed by atoms with van der Waals surface area (Å²) in [7, 11) is 0. The molecular formula is C12H8Cl2FN3O. The van der Waals surface area contributed by atoms with Crippen LogP contribution in [0.1, 0.15) is 15.9 Å². The Bertz CT molecular complexity index is 649. The molecule has 7 heteroatoms. The van der Waals surface area contributed by atoms with E-state index < -0.39 is 11.7 Å². The van der Waals surface area contributed by atoms with Crippen LogP contribution in [0, 0.1) is 12.7 Å². The number of halogens is 3. The van der Waals surface area contributed by atoms with E-state index in [0.29, 0.717) is 0 Å². The SMILES string of the molecule is Cc1ccc(NC(=O)c2cc(Cl)nnc2Cl)c(F)c1. The van der Waals surface area contributed by atoms with Crippen LogP contribution in [0.4, 0.5) is 10.1 Å². The predicted octanol–water partition coefficient (Wildman–Crippen LogP) is 3.48. The average Bonchev–Trinajstić information content (AvgIpc) is 2.35. The van der Waals surface area contributed by atoms with Crippen molar-refractivity contribution >= 4 is 34.8 Å². The highest BCUT2D eigenvalue weighted by Gasteiger charge is 2.15. The van der Waals surface area contributed by atoms with Gasteiger partial charge in [0.25, 0.3) is 5.91 Å². The number of rotatable bonds is 2. The van der Waals surface area contributed by atoms with Crippen molar-refractivity contribution in [3.63, 3.8) is 0 Å². The molecule has 0 saturated heterocycles. The molecule has 1 amide bonds. The van der Waals surface area contributed by atoms with Crippen LogP contribution in [0.15, 0.2) is 24.3 Å². The van der Waals surface area contributed by atoms with Gasteiger partial charge in [-0.1, -0.05) is 29.3 Å². The number of nitrogens with one attached hydrogen (secondary N) is 1. The van der Waals surface area contributed by atoms with E-state index in [0.717, 1.165) is 5.56 Å².